The molecular weight excluding hydrogens is 484 g/mol. The van der Waals surface area contributed by atoms with Gasteiger partial charge in [0.15, 0.2) is 5.82 Å². The van der Waals surface area contributed by atoms with Gasteiger partial charge in [-0.15, -0.1) is 0 Å². The van der Waals surface area contributed by atoms with E-state index in [1.165, 1.54) is 16.7 Å². The van der Waals surface area contributed by atoms with Crippen LogP contribution in [0.15, 0.2) is 108 Å². The van der Waals surface area contributed by atoms with Crippen molar-refractivity contribution in [2.75, 3.05) is 12.5 Å². The molecule has 3 heterocycles. The monoisotopic (exact) mass is 524 g/mol. The Labute approximate surface area is 232 Å². The number of imidazole rings is 2. The third-order valence-electron chi connectivity index (χ3n) is 7.46. The second-order valence-electron chi connectivity index (χ2n) is 10.9. The van der Waals surface area contributed by atoms with Crippen LogP contribution < -0.4 is 11.2 Å². The zero-order chi connectivity index (χ0) is 28.3. The summed E-state index contributed by atoms with van der Waals surface area (Å²) in [7, 11) is 1.81. The van der Waals surface area contributed by atoms with Gasteiger partial charge in [-0.2, -0.15) is 4.99 Å². The summed E-state index contributed by atoms with van der Waals surface area (Å²) in [5, 5.41) is 0. The maximum atomic E-state index is 6.00. The summed E-state index contributed by atoms with van der Waals surface area (Å²) < 4.78 is 3.92. The molecular formula is C31H40N8. The largest absolute Gasteiger partial charge is 0.369 e. The molecule has 1 unspecified atom stereocenters. The van der Waals surface area contributed by atoms with Gasteiger partial charge in [-0.1, -0.05) is 63.0 Å². The van der Waals surface area contributed by atoms with E-state index < -0.39 is 0 Å². The summed E-state index contributed by atoms with van der Waals surface area (Å²) in [5.74, 6) is 0.968. The minimum Gasteiger partial charge on any atom is -0.369 e. The van der Waals surface area contributed by atoms with Crippen molar-refractivity contribution in [3.63, 3.8) is 0 Å². The number of guanidine groups is 1. The number of hydrogen-bond donors (Lipinski definition) is 2. The molecule has 0 saturated heterocycles. The highest BCUT2D eigenvalue weighted by molar-refractivity contribution is 5.93. The molecule has 0 radical (unpaired) electrons. The molecule has 2 aromatic rings. The minimum atomic E-state index is 0.148. The highest BCUT2D eigenvalue weighted by Crippen LogP contribution is 2.45. The SMILES string of the molecule is C=C(/C=C(C)/C=C/C=C(C)/C=C/C1=C(C)C(n2ccnc2)CCC1(C)C)Nn1cnc2c1N=C(N)N(C)C2=C. The zero-order valence-corrected chi connectivity index (χ0v) is 23.9. The molecule has 0 spiro atoms. The summed E-state index contributed by atoms with van der Waals surface area (Å²) in [6.45, 7) is 19.3. The summed E-state index contributed by atoms with van der Waals surface area (Å²) in [6, 6.07) is 0.371. The van der Waals surface area contributed by atoms with Crippen LogP contribution in [0.2, 0.25) is 0 Å². The number of allylic oxidation sites excluding steroid dienone is 10. The summed E-state index contributed by atoms with van der Waals surface area (Å²) in [6.07, 6.45) is 22.5. The van der Waals surface area contributed by atoms with Crippen molar-refractivity contribution in [2.45, 2.75) is 53.5 Å². The van der Waals surface area contributed by atoms with Crippen molar-refractivity contribution < 1.29 is 0 Å². The maximum Gasteiger partial charge on any atom is 0.202 e. The molecule has 1 aliphatic carbocycles. The second-order valence-corrected chi connectivity index (χ2v) is 10.9. The number of aliphatic imine (C=N–C) groups is 1. The molecule has 1 atom stereocenters. The van der Waals surface area contributed by atoms with Crippen LogP contribution in [-0.4, -0.2) is 37.1 Å². The smallest absolute Gasteiger partial charge is 0.202 e. The van der Waals surface area contributed by atoms with Crippen molar-refractivity contribution in [1.82, 2.24) is 24.1 Å². The average Bonchev–Trinajstić information content (AvgIpc) is 3.53. The van der Waals surface area contributed by atoms with Gasteiger partial charge in [0.2, 0.25) is 5.96 Å². The molecule has 4 rings (SSSR count). The lowest BCUT2D eigenvalue weighted by Crippen LogP contribution is -2.34. The van der Waals surface area contributed by atoms with Gasteiger partial charge in [0.25, 0.3) is 0 Å². The molecule has 3 N–H and O–H groups in total. The van der Waals surface area contributed by atoms with Crippen LogP contribution in [0.3, 0.4) is 0 Å². The first-order chi connectivity index (χ1) is 18.5. The van der Waals surface area contributed by atoms with Gasteiger partial charge in [-0.25, -0.2) is 14.6 Å². The average molecular weight is 525 g/mol. The number of fused-ring (bicyclic) bond motifs is 1. The number of nitrogens with two attached hydrogens (primary N) is 1. The van der Waals surface area contributed by atoms with E-state index in [-0.39, 0.29) is 5.41 Å². The predicted molar refractivity (Wildman–Crippen MR) is 162 cm³/mol. The fourth-order valence-corrected chi connectivity index (χ4v) is 5.09. The van der Waals surface area contributed by atoms with E-state index in [9.17, 15) is 0 Å². The molecule has 204 valence electrons. The highest BCUT2D eigenvalue weighted by Gasteiger charge is 2.32. The lowest BCUT2D eigenvalue weighted by atomic mass is 9.71. The molecule has 39 heavy (non-hydrogen) atoms. The second kappa shape index (κ2) is 11.2. The van der Waals surface area contributed by atoms with E-state index >= 15 is 0 Å². The quantitative estimate of drug-likeness (QED) is 0.391. The van der Waals surface area contributed by atoms with Gasteiger partial charge in [0.05, 0.1) is 18.1 Å². The third-order valence-corrected chi connectivity index (χ3v) is 7.46. The Morgan fingerprint density at radius 2 is 1.97 bits per heavy atom. The van der Waals surface area contributed by atoms with Crippen molar-refractivity contribution >= 4 is 17.5 Å². The van der Waals surface area contributed by atoms with Gasteiger partial charge in [-0.05, 0) is 61.8 Å². The third kappa shape index (κ3) is 6.06. The number of rotatable bonds is 8. The van der Waals surface area contributed by atoms with Gasteiger partial charge < -0.3 is 15.2 Å². The fraction of sp³-hybridized carbons (Fsp3) is 0.323. The Balaban J connectivity index is 1.41. The van der Waals surface area contributed by atoms with Crippen molar-refractivity contribution in [3.05, 3.63) is 108 Å². The number of hydrogen-bond acceptors (Lipinski definition) is 6. The molecule has 0 saturated carbocycles. The molecule has 2 aliphatic rings. The van der Waals surface area contributed by atoms with E-state index in [0.717, 1.165) is 18.4 Å². The lowest BCUT2D eigenvalue weighted by molar-refractivity contribution is 0.327. The predicted octanol–water partition coefficient (Wildman–Crippen LogP) is 6.38. The summed E-state index contributed by atoms with van der Waals surface area (Å²) in [5.41, 5.74) is 16.5. The van der Waals surface area contributed by atoms with Crippen LogP contribution in [-0.2, 0) is 0 Å². The van der Waals surface area contributed by atoms with Gasteiger partial charge >= 0.3 is 0 Å². The molecule has 2 aromatic heterocycles. The van der Waals surface area contributed by atoms with Crippen molar-refractivity contribution in [3.8, 4) is 0 Å². The van der Waals surface area contributed by atoms with Gasteiger partial charge in [0, 0.05) is 25.1 Å². The molecule has 0 bridgehead atoms. The Morgan fingerprint density at radius 3 is 2.69 bits per heavy atom. The molecule has 8 nitrogen and oxygen atoms in total. The Kier molecular flexibility index (Phi) is 7.95. The Morgan fingerprint density at radius 1 is 1.21 bits per heavy atom. The van der Waals surface area contributed by atoms with Gasteiger partial charge in [0.1, 0.15) is 12.0 Å². The normalized spacial score (nSPS) is 20.2. The van der Waals surface area contributed by atoms with Crippen molar-refractivity contribution in [2.24, 2.45) is 16.1 Å². The first kappa shape index (κ1) is 27.7. The fourth-order valence-electron chi connectivity index (χ4n) is 5.09. The first-order valence-corrected chi connectivity index (χ1v) is 13.2. The van der Waals surface area contributed by atoms with Crippen LogP contribution in [0.5, 0.6) is 0 Å². The zero-order valence-electron chi connectivity index (χ0n) is 23.9. The van der Waals surface area contributed by atoms with E-state index in [4.69, 9.17) is 5.73 Å². The topological polar surface area (TPSA) is 89.3 Å². The molecule has 8 heteroatoms. The minimum absolute atomic E-state index is 0.148. The lowest BCUT2D eigenvalue weighted by Gasteiger charge is -2.37. The van der Waals surface area contributed by atoms with Crippen LogP contribution >= 0.6 is 0 Å². The van der Waals surface area contributed by atoms with Crippen LogP contribution in [0.1, 0.15) is 59.2 Å². The summed E-state index contributed by atoms with van der Waals surface area (Å²) >= 11 is 0. The van der Waals surface area contributed by atoms with Crippen LogP contribution in [0, 0.1) is 5.41 Å². The Bertz CT molecular complexity index is 1440. The van der Waals surface area contributed by atoms with Crippen LogP contribution in [0.4, 0.5) is 5.82 Å². The van der Waals surface area contributed by atoms with E-state index in [1.807, 2.05) is 32.6 Å². The first-order valence-electron chi connectivity index (χ1n) is 13.2. The maximum absolute atomic E-state index is 6.00. The van der Waals surface area contributed by atoms with Crippen molar-refractivity contribution in [1.29, 1.82) is 0 Å². The molecule has 0 fully saturated rings. The van der Waals surface area contributed by atoms with E-state index in [0.29, 0.717) is 34.9 Å². The highest BCUT2D eigenvalue weighted by atomic mass is 15.5. The van der Waals surface area contributed by atoms with E-state index in [1.54, 1.807) is 15.9 Å². The number of nitrogens with one attached hydrogen (secondary N) is 1. The van der Waals surface area contributed by atoms with Gasteiger partial charge in [-0.3, -0.25) is 5.43 Å². The molecule has 0 amide bonds. The Hall–Kier alpha value is -4.33. The summed E-state index contributed by atoms with van der Waals surface area (Å²) in [4.78, 5) is 14.8. The van der Waals surface area contributed by atoms with Crippen LogP contribution in [0.25, 0.3) is 5.70 Å². The molecule has 0 aromatic carbocycles. The number of nitrogens with zero attached hydrogens (tertiary/aromatic N) is 6. The van der Waals surface area contributed by atoms with E-state index in [2.05, 4.69) is 102 Å². The number of aromatic nitrogens is 4. The standard InChI is InChI=1S/C31H40N8/c1-21(12-13-26-24(4)27(14-15-31(26,6)7)38-17-16-33-19-38)10-9-11-22(2)18-23(3)36-39-20-34-28-25(5)37(8)30(32)35-29(28)39/h9-13,16-20,27,36H,3,5,14-15H2,1-2,4,6-8H3,(H2,32,35)/b11-9+,13-12+,21-10+,22-18+. The molecule has 1 aliphatic heterocycles.